The van der Waals surface area contributed by atoms with Gasteiger partial charge in [0.25, 0.3) is 0 Å². The summed E-state index contributed by atoms with van der Waals surface area (Å²) in [5.74, 6) is -1.35. The summed E-state index contributed by atoms with van der Waals surface area (Å²) in [5.41, 5.74) is 5.46. The molecule has 4 N–H and O–H groups in total. The fourth-order valence-corrected chi connectivity index (χ4v) is 4.90. The SMILES string of the molecule is CCCC/C=C\C/C=C\CCCCCCCC(=O)OC(/C=C\CCCCC)CCCCCCC(=O)NC(CCCN)C(=O)O. The third kappa shape index (κ3) is 28.4. The molecule has 0 radical (unpaired) electrons. The maximum atomic E-state index is 12.6. The highest BCUT2D eigenvalue weighted by atomic mass is 16.5. The van der Waals surface area contributed by atoms with Gasteiger partial charge in [0, 0.05) is 12.8 Å². The molecule has 0 rings (SSSR count). The lowest BCUT2D eigenvalue weighted by Gasteiger charge is -2.15. The molecule has 0 saturated heterocycles. The number of allylic oxidation sites excluding steroid dienone is 5. The monoisotopic (exact) mass is 618 g/mol. The predicted molar refractivity (Wildman–Crippen MR) is 183 cm³/mol. The second-order valence-electron chi connectivity index (χ2n) is 11.9. The topological polar surface area (TPSA) is 119 Å². The average Bonchev–Trinajstić information content (AvgIpc) is 3.00. The van der Waals surface area contributed by atoms with E-state index in [1.807, 2.05) is 0 Å². The number of hydrogen-bond acceptors (Lipinski definition) is 5. The molecular weight excluding hydrogens is 552 g/mol. The molecule has 0 aromatic heterocycles. The first-order chi connectivity index (χ1) is 21.4. The maximum absolute atomic E-state index is 12.6. The number of rotatable bonds is 31. The van der Waals surface area contributed by atoms with Crippen molar-refractivity contribution >= 4 is 17.8 Å². The molecule has 44 heavy (non-hydrogen) atoms. The molecule has 0 fully saturated rings. The molecule has 1 amide bonds. The van der Waals surface area contributed by atoms with Gasteiger partial charge in [-0.05, 0) is 89.7 Å². The minimum Gasteiger partial charge on any atom is -0.480 e. The standard InChI is InChI=1S/C37H66N2O5/c1-3-5-7-9-10-11-12-13-14-15-16-17-19-25-31-36(41)44-33(27-22-18-8-6-4-2)28-23-20-21-24-30-35(40)39-34(37(42)43)29-26-32-38/h9-10,12-13,22,27,33-34H,3-8,11,14-21,23-26,28-32,38H2,1-2H3,(H,39,40)(H,42,43)/b10-9-,13-12-,27-22-. The first-order valence-corrected chi connectivity index (χ1v) is 17.8. The van der Waals surface area contributed by atoms with E-state index in [0.29, 0.717) is 38.6 Å². The number of carbonyl (C=O) groups excluding carboxylic acids is 2. The molecular formula is C37H66N2O5. The summed E-state index contributed by atoms with van der Waals surface area (Å²) in [7, 11) is 0. The second-order valence-corrected chi connectivity index (χ2v) is 11.9. The highest BCUT2D eigenvalue weighted by Gasteiger charge is 2.18. The van der Waals surface area contributed by atoms with Gasteiger partial charge in [-0.15, -0.1) is 0 Å². The first-order valence-electron chi connectivity index (χ1n) is 17.8. The van der Waals surface area contributed by atoms with Gasteiger partial charge in [-0.3, -0.25) is 9.59 Å². The van der Waals surface area contributed by atoms with Gasteiger partial charge in [0.05, 0.1) is 0 Å². The Labute approximate surface area is 269 Å². The number of carboxylic acids is 1. The Balaban J connectivity index is 4.22. The normalized spacial score (nSPS) is 13.2. The molecule has 7 heteroatoms. The van der Waals surface area contributed by atoms with Crippen molar-refractivity contribution in [1.82, 2.24) is 5.32 Å². The van der Waals surface area contributed by atoms with Crippen LogP contribution in [-0.2, 0) is 19.1 Å². The zero-order valence-electron chi connectivity index (χ0n) is 28.2. The van der Waals surface area contributed by atoms with Crippen molar-refractivity contribution in [2.45, 2.75) is 174 Å². The summed E-state index contributed by atoms with van der Waals surface area (Å²) < 4.78 is 5.84. The number of nitrogens with two attached hydrogens (primary N) is 1. The number of hydrogen-bond donors (Lipinski definition) is 3. The number of aliphatic carboxylic acids is 1. The smallest absolute Gasteiger partial charge is 0.326 e. The van der Waals surface area contributed by atoms with E-state index in [0.717, 1.165) is 70.6 Å². The first kappa shape index (κ1) is 41.6. The van der Waals surface area contributed by atoms with Crippen LogP contribution in [0, 0.1) is 0 Å². The van der Waals surface area contributed by atoms with E-state index in [2.05, 4.69) is 55.6 Å². The summed E-state index contributed by atoms with van der Waals surface area (Å²) in [5, 5.41) is 11.9. The van der Waals surface area contributed by atoms with Crippen LogP contribution < -0.4 is 11.1 Å². The number of nitrogens with one attached hydrogen (secondary N) is 1. The number of carboxylic acid groups (broad SMARTS) is 1. The average molecular weight is 619 g/mol. The molecule has 0 bridgehead atoms. The lowest BCUT2D eigenvalue weighted by atomic mass is 10.1. The van der Waals surface area contributed by atoms with Crippen molar-refractivity contribution in [2.75, 3.05) is 6.54 Å². The Kier molecular flexibility index (Phi) is 30.2. The van der Waals surface area contributed by atoms with E-state index in [1.165, 1.54) is 44.9 Å². The van der Waals surface area contributed by atoms with E-state index < -0.39 is 12.0 Å². The van der Waals surface area contributed by atoms with Crippen LogP contribution >= 0.6 is 0 Å². The fourth-order valence-electron chi connectivity index (χ4n) is 4.90. The molecule has 2 unspecified atom stereocenters. The Morgan fingerprint density at radius 3 is 1.95 bits per heavy atom. The molecule has 0 aliphatic carbocycles. The summed E-state index contributed by atoms with van der Waals surface area (Å²) in [6, 6.07) is -0.870. The third-order valence-corrected chi connectivity index (χ3v) is 7.66. The van der Waals surface area contributed by atoms with E-state index in [9.17, 15) is 19.5 Å². The van der Waals surface area contributed by atoms with Crippen molar-refractivity contribution in [3.8, 4) is 0 Å². The Morgan fingerprint density at radius 1 is 0.682 bits per heavy atom. The number of carbonyl (C=O) groups is 3. The molecule has 0 saturated carbocycles. The van der Waals surface area contributed by atoms with E-state index >= 15 is 0 Å². The van der Waals surface area contributed by atoms with E-state index in [1.54, 1.807) is 0 Å². The van der Waals surface area contributed by atoms with Gasteiger partial charge in [-0.25, -0.2) is 4.79 Å². The van der Waals surface area contributed by atoms with Crippen molar-refractivity contribution in [2.24, 2.45) is 5.73 Å². The van der Waals surface area contributed by atoms with Crippen LogP contribution in [0.5, 0.6) is 0 Å². The van der Waals surface area contributed by atoms with Crippen LogP contribution in [0.15, 0.2) is 36.5 Å². The summed E-state index contributed by atoms with van der Waals surface area (Å²) in [4.78, 5) is 36.0. The van der Waals surface area contributed by atoms with Gasteiger partial charge >= 0.3 is 11.9 Å². The molecule has 7 nitrogen and oxygen atoms in total. The Hall–Kier alpha value is -2.41. The van der Waals surface area contributed by atoms with Crippen LogP contribution in [0.4, 0.5) is 0 Å². The second kappa shape index (κ2) is 32.0. The molecule has 0 aromatic rings. The van der Waals surface area contributed by atoms with Crippen molar-refractivity contribution in [3.63, 3.8) is 0 Å². The number of unbranched alkanes of at least 4 members (excludes halogenated alkanes) is 13. The molecule has 0 spiro atoms. The quantitative estimate of drug-likeness (QED) is 0.0405. The molecule has 0 aliphatic rings. The van der Waals surface area contributed by atoms with Gasteiger partial charge in [0.2, 0.25) is 5.91 Å². The third-order valence-electron chi connectivity index (χ3n) is 7.66. The molecule has 0 aliphatic heterocycles. The van der Waals surface area contributed by atoms with Gasteiger partial charge in [0.1, 0.15) is 12.1 Å². The largest absolute Gasteiger partial charge is 0.480 e. The maximum Gasteiger partial charge on any atom is 0.326 e. The van der Waals surface area contributed by atoms with Crippen molar-refractivity contribution < 1.29 is 24.2 Å². The number of ether oxygens (including phenoxy) is 1. The molecule has 0 heterocycles. The zero-order valence-corrected chi connectivity index (χ0v) is 28.2. The highest BCUT2D eigenvalue weighted by molar-refractivity contribution is 5.83. The molecule has 254 valence electrons. The number of amides is 1. The van der Waals surface area contributed by atoms with Gasteiger partial charge < -0.3 is 20.9 Å². The van der Waals surface area contributed by atoms with Crippen LogP contribution in [-0.4, -0.2) is 41.6 Å². The highest BCUT2D eigenvalue weighted by Crippen LogP contribution is 2.15. The van der Waals surface area contributed by atoms with Crippen LogP contribution in [0.2, 0.25) is 0 Å². The summed E-state index contributed by atoms with van der Waals surface area (Å²) >= 11 is 0. The van der Waals surface area contributed by atoms with Crippen molar-refractivity contribution in [1.29, 1.82) is 0 Å². The van der Waals surface area contributed by atoms with Crippen LogP contribution in [0.3, 0.4) is 0 Å². The number of esters is 1. The Morgan fingerprint density at radius 2 is 1.27 bits per heavy atom. The summed E-state index contributed by atoms with van der Waals surface area (Å²) in [6.07, 6.45) is 34.9. The minimum absolute atomic E-state index is 0.109. The molecule has 2 atom stereocenters. The van der Waals surface area contributed by atoms with Gasteiger partial charge in [0.15, 0.2) is 0 Å². The van der Waals surface area contributed by atoms with Crippen LogP contribution in [0.1, 0.15) is 162 Å². The lowest BCUT2D eigenvalue weighted by Crippen LogP contribution is -2.40. The summed E-state index contributed by atoms with van der Waals surface area (Å²) in [6.45, 7) is 4.81. The van der Waals surface area contributed by atoms with Crippen molar-refractivity contribution in [3.05, 3.63) is 36.5 Å². The molecule has 0 aromatic carbocycles. The lowest BCUT2D eigenvalue weighted by molar-refractivity contribution is -0.147. The van der Waals surface area contributed by atoms with Gasteiger partial charge in [-0.2, -0.15) is 0 Å². The van der Waals surface area contributed by atoms with Crippen LogP contribution in [0.25, 0.3) is 0 Å². The zero-order chi connectivity index (χ0) is 32.5. The fraction of sp³-hybridized carbons (Fsp3) is 0.757. The minimum atomic E-state index is -1.02. The Bertz CT molecular complexity index is 793. The predicted octanol–water partition coefficient (Wildman–Crippen LogP) is 9.11. The van der Waals surface area contributed by atoms with Gasteiger partial charge in [-0.1, -0.05) is 102 Å². The van der Waals surface area contributed by atoms with E-state index in [4.69, 9.17) is 10.5 Å². The van der Waals surface area contributed by atoms with E-state index in [-0.39, 0.29) is 18.0 Å².